The maximum Gasteiger partial charge on any atom is 0.159 e. The maximum absolute atomic E-state index is 10.1. The zero-order chi connectivity index (χ0) is 12.7. The van der Waals surface area contributed by atoms with Crippen molar-refractivity contribution in [3.8, 4) is 5.75 Å². The number of halogens is 1. The number of benzene rings is 1. The summed E-state index contributed by atoms with van der Waals surface area (Å²) in [6.07, 6.45) is 1.27. The molecule has 0 spiro atoms. The maximum atomic E-state index is 10.1. The van der Waals surface area contributed by atoms with Gasteiger partial charge in [-0.25, -0.2) is 4.98 Å². The molecule has 1 aromatic heterocycles. The molecule has 1 aromatic carbocycles. The first-order valence-corrected chi connectivity index (χ1v) is 6.15. The van der Waals surface area contributed by atoms with Gasteiger partial charge < -0.3 is 14.4 Å². The summed E-state index contributed by atoms with van der Waals surface area (Å²) in [6, 6.07) is 7.51. The number of aromatic nitrogens is 2. The Labute approximate surface area is 110 Å². The number of imidazole rings is 1. The monoisotopic (exact) mass is 264 g/mol. The Kier molecular flexibility index (Phi) is 2.76. The summed E-state index contributed by atoms with van der Waals surface area (Å²) in [5.41, 5.74) is 0.828. The molecule has 0 fully saturated rings. The molecule has 18 heavy (non-hydrogen) atoms. The molecule has 0 bridgehead atoms. The van der Waals surface area contributed by atoms with Crippen LogP contribution in [0.1, 0.15) is 30.0 Å². The van der Waals surface area contributed by atoms with E-state index < -0.39 is 6.10 Å². The van der Waals surface area contributed by atoms with Crippen molar-refractivity contribution in [2.45, 2.75) is 18.6 Å². The van der Waals surface area contributed by atoms with Gasteiger partial charge in [-0.15, -0.1) is 0 Å². The number of nitrogens with zero attached hydrogens (tertiary/aromatic N) is 2. The van der Waals surface area contributed by atoms with Crippen LogP contribution in [0.15, 0.2) is 30.5 Å². The first-order chi connectivity index (χ1) is 8.66. The van der Waals surface area contributed by atoms with Crippen LogP contribution in [0, 0.1) is 0 Å². The van der Waals surface area contributed by atoms with Gasteiger partial charge >= 0.3 is 0 Å². The van der Waals surface area contributed by atoms with E-state index in [0.717, 1.165) is 11.4 Å². The number of ether oxygens (including phenoxy) is 1. The Bertz CT molecular complexity index is 582. The Morgan fingerprint density at radius 2 is 2.22 bits per heavy atom. The molecular weight excluding hydrogens is 252 g/mol. The van der Waals surface area contributed by atoms with Gasteiger partial charge in [-0.3, -0.25) is 0 Å². The molecule has 0 radical (unpaired) electrons. The van der Waals surface area contributed by atoms with E-state index in [2.05, 4.69) is 4.98 Å². The van der Waals surface area contributed by atoms with Gasteiger partial charge in [0.05, 0.1) is 12.3 Å². The van der Waals surface area contributed by atoms with Crippen molar-refractivity contribution in [3.05, 3.63) is 47.0 Å². The number of para-hydroxylation sites is 1. The van der Waals surface area contributed by atoms with Gasteiger partial charge in [0.25, 0.3) is 0 Å². The van der Waals surface area contributed by atoms with Crippen LogP contribution >= 0.6 is 11.6 Å². The van der Waals surface area contributed by atoms with Crippen LogP contribution < -0.4 is 4.74 Å². The van der Waals surface area contributed by atoms with Crippen molar-refractivity contribution in [3.63, 3.8) is 0 Å². The third kappa shape index (κ3) is 1.78. The number of aliphatic hydroxyl groups excluding tert-OH is 1. The summed E-state index contributed by atoms with van der Waals surface area (Å²) in [5, 5.41) is 10.7. The summed E-state index contributed by atoms with van der Waals surface area (Å²) < 4.78 is 7.65. The lowest BCUT2D eigenvalue weighted by Crippen LogP contribution is -2.21. The smallest absolute Gasteiger partial charge is 0.159 e. The minimum absolute atomic E-state index is 0.271. The van der Waals surface area contributed by atoms with Crippen molar-refractivity contribution in [1.82, 2.24) is 9.55 Å². The standard InChI is InChI=1S/C13H13ClN2O2/c1-16-12(14)7-15-13(16)11-6-9(17)8-4-2-3-5-10(8)18-11/h2-5,7,9,11,17H,6H2,1H3/t9-,11?/m1/s1. The second kappa shape index (κ2) is 4.30. The Morgan fingerprint density at radius 1 is 1.44 bits per heavy atom. The fraction of sp³-hybridized carbons (Fsp3) is 0.308. The Hall–Kier alpha value is -1.52. The summed E-state index contributed by atoms with van der Waals surface area (Å²) >= 11 is 5.97. The molecule has 0 aliphatic carbocycles. The highest BCUT2D eigenvalue weighted by Gasteiger charge is 2.30. The van der Waals surface area contributed by atoms with Gasteiger partial charge in [-0.1, -0.05) is 29.8 Å². The minimum Gasteiger partial charge on any atom is -0.482 e. The molecular formula is C13H13ClN2O2. The number of rotatable bonds is 1. The number of hydrogen-bond acceptors (Lipinski definition) is 3. The van der Waals surface area contributed by atoms with E-state index in [0.29, 0.717) is 17.3 Å². The van der Waals surface area contributed by atoms with Gasteiger partial charge in [0, 0.05) is 19.0 Å². The van der Waals surface area contributed by atoms with E-state index in [1.807, 2.05) is 31.3 Å². The van der Waals surface area contributed by atoms with Crippen LogP contribution in [0.2, 0.25) is 5.15 Å². The van der Waals surface area contributed by atoms with E-state index in [-0.39, 0.29) is 6.10 Å². The van der Waals surface area contributed by atoms with E-state index in [1.54, 1.807) is 10.8 Å². The number of aliphatic hydroxyl groups is 1. The molecule has 5 heteroatoms. The normalized spacial score (nSPS) is 22.4. The molecule has 1 aliphatic heterocycles. The van der Waals surface area contributed by atoms with Crippen LogP contribution in [0.25, 0.3) is 0 Å². The Morgan fingerprint density at radius 3 is 2.94 bits per heavy atom. The fourth-order valence-corrected chi connectivity index (χ4v) is 2.39. The largest absolute Gasteiger partial charge is 0.482 e. The zero-order valence-corrected chi connectivity index (χ0v) is 10.6. The van der Waals surface area contributed by atoms with E-state index in [4.69, 9.17) is 16.3 Å². The molecule has 0 saturated heterocycles. The van der Waals surface area contributed by atoms with Crippen molar-refractivity contribution in [2.75, 3.05) is 0 Å². The second-order valence-corrected chi connectivity index (χ2v) is 4.78. The molecule has 0 amide bonds. The molecule has 1 unspecified atom stereocenters. The highest BCUT2D eigenvalue weighted by atomic mass is 35.5. The lowest BCUT2D eigenvalue weighted by Gasteiger charge is -2.29. The van der Waals surface area contributed by atoms with Crippen LogP contribution in [0.4, 0.5) is 0 Å². The van der Waals surface area contributed by atoms with Crippen molar-refractivity contribution in [2.24, 2.45) is 7.05 Å². The quantitative estimate of drug-likeness (QED) is 0.861. The van der Waals surface area contributed by atoms with E-state index in [9.17, 15) is 5.11 Å². The predicted octanol–water partition coefficient (Wildman–Crippen LogP) is 2.63. The fourth-order valence-electron chi connectivity index (χ4n) is 2.25. The van der Waals surface area contributed by atoms with Crippen LogP contribution in [0.5, 0.6) is 5.75 Å². The molecule has 4 nitrogen and oxygen atoms in total. The molecule has 1 aliphatic rings. The first kappa shape index (κ1) is 11.6. The zero-order valence-electron chi connectivity index (χ0n) is 9.88. The second-order valence-electron chi connectivity index (χ2n) is 4.39. The first-order valence-electron chi connectivity index (χ1n) is 5.77. The highest BCUT2D eigenvalue weighted by molar-refractivity contribution is 6.29. The third-order valence-electron chi connectivity index (χ3n) is 3.24. The Balaban J connectivity index is 1.97. The van der Waals surface area contributed by atoms with Crippen molar-refractivity contribution >= 4 is 11.6 Å². The lowest BCUT2D eigenvalue weighted by molar-refractivity contribution is 0.0601. The number of fused-ring (bicyclic) bond motifs is 1. The summed E-state index contributed by atoms with van der Waals surface area (Å²) in [7, 11) is 1.83. The molecule has 2 aromatic rings. The summed E-state index contributed by atoms with van der Waals surface area (Å²) in [5.74, 6) is 1.44. The third-order valence-corrected chi connectivity index (χ3v) is 3.59. The molecule has 0 saturated carbocycles. The van der Waals surface area contributed by atoms with Gasteiger partial charge in [0.15, 0.2) is 11.9 Å². The van der Waals surface area contributed by atoms with Gasteiger partial charge in [-0.2, -0.15) is 0 Å². The molecule has 94 valence electrons. The SMILES string of the molecule is Cn1c(Cl)cnc1C1C[C@@H](O)c2ccccc2O1. The van der Waals surface area contributed by atoms with Crippen molar-refractivity contribution in [1.29, 1.82) is 0 Å². The molecule has 2 heterocycles. The van der Waals surface area contributed by atoms with Crippen LogP contribution in [-0.4, -0.2) is 14.7 Å². The van der Waals surface area contributed by atoms with Crippen LogP contribution in [0.3, 0.4) is 0 Å². The number of hydrogen-bond donors (Lipinski definition) is 1. The summed E-state index contributed by atoms with van der Waals surface area (Å²) in [6.45, 7) is 0. The average Bonchev–Trinajstić information content (AvgIpc) is 2.70. The van der Waals surface area contributed by atoms with Crippen LogP contribution in [-0.2, 0) is 7.05 Å². The van der Waals surface area contributed by atoms with Crippen molar-refractivity contribution < 1.29 is 9.84 Å². The molecule has 3 rings (SSSR count). The average molecular weight is 265 g/mol. The lowest BCUT2D eigenvalue weighted by atomic mass is 9.99. The molecule has 1 N–H and O–H groups in total. The topological polar surface area (TPSA) is 47.3 Å². The van der Waals surface area contributed by atoms with E-state index in [1.165, 1.54) is 0 Å². The molecule has 2 atom stereocenters. The van der Waals surface area contributed by atoms with E-state index >= 15 is 0 Å². The van der Waals surface area contributed by atoms with Gasteiger partial charge in [0.2, 0.25) is 0 Å². The highest BCUT2D eigenvalue weighted by Crippen LogP contribution is 2.40. The van der Waals surface area contributed by atoms with Gasteiger partial charge in [0.1, 0.15) is 10.9 Å². The minimum atomic E-state index is -0.532. The predicted molar refractivity (Wildman–Crippen MR) is 67.6 cm³/mol. The summed E-state index contributed by atoms with van der Waals surface area (Å²) in [4.78, 5) is 4.24. The van der Waals surface area contributed by atoms with Gasteiger partial charge in [-0.05, 0) is 6.07 Å².